The Labute approximate surface area is 170 Å². The van der Waals surface area contributed by atoms with Gasteiger partial charge in [0.2, 0.25) is 0 Å². The highest BCUT2D eigenvalue weighted by molar-refractivity contribution is 6.30. The predicted molar refractivity (Wildman–Crippen MR) is 110 cm³/mol. The number of aryl methyl sites for hydroxylation is 2. The molecule has 1 aliphatic rings. The van der Waals surface area contributed by atoms with Crippen LogP contribution in [0.15, 0.2) is 42.9 Å². The maximum absolute atomic E-state index is 10.7. The molecule has 3 heterocycles. The number of aromatic nitrogens is 4. The molecule has 1 N–H and O–H groups in total. The molecule has 1 saturated heterocycles. The number of imidazole rings is 1. The van der Waals surface area contributed by atoms with E-state index in [1.54, 1.807) is 6.20 Å². The van der Waals surface area contributed by atoms with E-state index < -0.39 is 6.10 Å². The van der Waals surface area contributed by atoms with Crippen LogP contribution in [0.3, 0.4) is 0 Å². The third-order valence-electron chi connectivity index (χ3n) is 5.60. The van der Waals surface area contributed by atoms with Gasteiger partial charge in [0.05, 0.1) is 5.69 Å². The third kappa shape index (κ3) is 3.99. The van der Waals surface area contributed by atoms with Crippen LogP contribution < -0.4 is 0 Å². The molecular formula is C21H26ClN5O. The van der Waals surface area contributed by atoms with Gasteiger partial charge in [-0.15, -0.1) is 0 Å². The van der Waals surface area contributed by atoms with E-state index in [9.17, 15) is 5.11 Å². The minimum absolute atomic E-state index is 0.249. The Morgan fingerprint density at radius 3 is 2.71 bits per heavy atom. The number of piperidine rings is 1. The monoisotopic (exact) mass is 399 g/mol. The van der Waals surface area contributed by atoms with Crippen molar-refractivity contribution in [1.29, 1.82) is 0 Å². The number of hydrogen-bond acceptors (Lipinski definition) is 4. The fourth-order valence-corrected chi connectivity index (χ4v) is 4.26. The van der Waals surface area contributed by atoms with E-state index in [0.717, 1.165) is 54.6 Å². The van der Waals surface area contributed by atoms with Crippen molar-refractivity contribution in [2.24, 2.45) is 20.0 Å². The van der Waals surface area contributed by atoms with Crippen molar-refractivity contribution >= 4 is 11.6 Å². The zero-order valence-corrected chi connectivity index (χ0v) is 17.0. The highest BCUT2D eigenvalue weighted by atomic mass is 35.5. The van der Waals surface area contributed by atoms with Crippen LogP contribution in [-0.2, 0) is 20.6 Å². The molecule has 0 aliphatic carbocycles. The summed E-state index contributed by atoms with van der Waals surface area (Å²) >= 11 is 6.17. The van der Waals surface area contributed by atoms with Gasteiger partial charge < -0.3 is 9.67 Å². The van der Waals surface area contributed by atoms with Crippen LogP contribution in [0.1, 0.15) is 30.3 Å². The number of likely N-dealkylation sites (tertiary alicyclic amines) is 1. The lowest BCUT2D eigenvalue weighted by Gasteiger charge is -2.33. The molecule has 28 heavy (non-hydrogen) atoms. The first kappa shape index (κ1) is 19.2. The van der Waals surface area contributed by atoms with Crippen LogP contribution >= 0.6 is 11.6 Å². The topological polar surface area (TPSA) is 59.1 Å². The number of aliphatic hydroxyl groups is 1. The Hall–Kier alpha value is -2.15. The van der Waals surface area contributed by atoms with Crippen LogP contribution in [-0.4, -0.2) is 42.4 Å². The minimum atomic E-state index is -0.498. The van der Waals surface area contributed by atoms with Gasteiger partial charge in [-0.1, -0.05) is 23.7 Å². The molecule has 1 aromatic carbocycles. The fourth-order valence-electron chi connectivity index (χ4n) is 4.07. The fraction of sp³-hybridized carbons (Fsp3) is 0.429. The Kier molecular flexibility index (Phi) is 5.53. The first-order valence-corrected chi connectivity index (χ1v) is 10.0. The molecule has 1 atom stereocenters. The Morgan fingerprint density at radius 1 is 1.25 bits per heavy atom. The van der Waals surface area contributed by atoms with E-state index in [0.29, 0.717) is 0 Å². The summed E-state index contributed by atoms with van der Waals surface area (Å²) in [6.45, 7) is 2.76. The Balaban J connectivity index is 1.42. The van der Waals surface area contributed by atoms with E-state index in [-0.39, 0.29) is 5.92 Å². The van der Waals surface area contributed by atoms with Gasteiger partial charge in [0.15, 0.2) is 0 Å². The van der Waals surface area contributed by atoms with Crippen molar-refractivity contribution in [2.45, 2.75) is 25.5 Å². The zero-order chi connectivity index (χ0) is 19.7. The van der Waals surface area contributed by atoms with Crippen molar-refractivity contribution < 1.29 is 5.11 Å². The molecule has 4 rings (SSSR count). The number of hydrogen-bond donors (Lipinski definition) is 1. The van der Waals surface area contributed by atoms with Crippen molar-refractivity contribution in [2.75, 3.05) is 13.1 Å². The van der Waals surface area contributed by atoms with E-state index in [4.69, 9.17) is 11.6 Å². The van der Waals surface area contributed by atoms with Crippen molar-refractivity contribution in [3.05, 3.63) is 59.3 Å². The SMILES string of the molecule is Cn1cc(CN2CCC(C(O)c3nccn3C)CC2)c(-c2cccc(Cl)c2)n1. The normalized spacial score (nSPS) is 17.1. The molecule has 148 valence electrons. The molecule has 0 bridgehead atoms. The molecular weight excluding hydrogens is 374 g/mol. The van der Waals surface area contributed by atoms with Gasteiger partial charge in [-0.2, -0.15) is 5.10 Å². The maximum Gasteiger partial charge on any atom is 0.137 e. The second-order valence-electron chi connectivity index (χ2n) is 7.64. The quantitative estimate of drug-likeness (QED) is 0.714. The highest BCUT2D eigenvalue weighted by Crippen LogP contribution is 2.31. The summed E-state index contributed by atoms with van der Waals surface area (Å²) in [6, 6.07) is 7.85. The molecule has 1 unspecified atom stereocenters. The van der Waals surface area contributed by atoms with E-state index in [1.807, 2.05) is 53.8 Å². The summed E-state index contributed by atoms with van der Waals surface area (Å²) in [5.74, 6) is 1.01. The number of nitrogens with zero attached hydrogens (tertiary/aromatic N) is 5. The second kappa shape index (κ2) is 8.07. The molecule has 1 aliphatic heterocycles. The Morgan fingerprint density at radius 2 is 2.04 bits per heavy atom. The smallest absolute Gasteiger partial charge is 0.137 e. The van der Waals surface area contributed by atoms with Gasteiger partial charge >= 0.3 is 0 Å². The standard InChI is InChI=1S/C21H26ClN5O/c1-25-11-8-23-21(25)20(28)15-6-9-27(10-7-15)14-17-13-26(2)24-19(17)16-4-3-5-18(22)12-16/h3-5,8,11-13,15,20,28H,6-7,9-10,14H2,1-2H3. The zero-order valence-electron chi connectivity index (χ0n) is 16.3. The summed E-state index contributed by atoms with van der Waals surface area (Å²) in [5, 5.41) is 16.1. The van der Waals surface area contributed by atoms with E-state index in [1.165, 1.54) is 5.56 Å². The van der Waals surface area contributed by atoms with Gasteiger partial charge in [-0.3, -0.25) is 9.58 Å². The molecule has 2 aromatic heterocycles. The van der Waals surface area contributed by atoms with Crippen LogP contribution in [0.2, 0.25) is 5.02 Å². The molecule has 0 spiro atoms. The highest BCUT2D eigenvalue weighted by Gasteiger charge is 2.29. The van der Waals surface area contributed by atoms with E-state index in [2.05, 4.69) is 21.2 Å². The minimum Gasteiger partial charge on any atom is -0.385 e. The second-order valence-corrected chi connectivity index (χ2v) is 8.08. The summed E-state index contributed by atoms with van der Waals surface area (Å²) in [4.78, 5) is 6.75. The number of halogens is 1. The average Bonchev–Trinajstić information content (AvgIpc) is 3.27. The van der Waals surface area contributed by atoms with Crippen LogP contribution in [0.25, 0.3) is 11.3 Å². The first-order valence-electron chi connectivity index (χ1n) is 9.67. The largest absolute Gasteiger partial charge is 0.385 e. The molecule has 1 fully saturated rings. The summed E-state index contributed by atoms with van der Waals surface area (Å²) in [7, 11) is 3.88. The summed E-state index contributed by atoms with van der Waals surface area (Å²) in [5.41, 5.74) is 3.23. The third-order valence-corrected chi connectivity index (χ3v) is 5.83. The van der Waals surface area contributed by atoms with Gasteiger partial charge in [-0.25, -0.2) is 4.98 Å². The van der Waals surface area contributed by atoms with Gasteiger partial charge in [-0.05, 0) is 44.0 Å². The molecule has 0 saturated carbocycles. The Bertz CT molecular complexity index is 942. The van der Waals surface area contributed by atoms with Crippen molar-refractivity contribution in [3.63, 3.8) is 0 Å². The van der Waals surface area contributed by atoms with E-state index >= 15 is 0 Å². The first-order chi connectivity index (χ1) is 13.5. The van der Waals surface area contributed by atoms with Crippen molar-refractivity contribution in [3.8, 4) is 11.3 Å². The number of aliphatic hydroxyl groups excluding tert-OH is 1. The van der Waals surface area contributed by atoms with Crippen LogP contribution in [0, 0.1) is 5.92 Å². The number of benzene rings is 1. The number of rotatable bonds is 5. The van der Waals surface area contributed by atoms with Gasteiger partial charge in [0.25, 0.3) is 0 Å². The molecule has 0 radical (unpaired) electrons. The predicted octanol–water partition coefficient (Wildman–Crippen LogP) is 3.42. The summed E-state index contributed by atoms with van der Waals surface area (Å²) in [6.07, 6.45) is 7.13. The molecule has 0 amide bonds. The van der Waals surface area contributed by atoms with Crippen molar-refractivity contribution in [1.82, 2.24) is 24.2 Å². The summed E-state index contributed by atoms with van der Waals surface area (Å²) < 4.78 is 3.77. The van der Waals surface area contributed by atoms with Crippen LogP contribution in [0.4, 0.5) is 0 Å². The lowest BCUT2D eigenvalue weighted by Crippen LogP contribution is -2.35. The van der Waals surface area contributed by atoms with Gasteiger partial charge in [0.1, 0.15) is 11.9 Å². The van der Waals surface area contributed by atoms with Gasteiger partial charge in [0, 0.05) is 55.4 Å². The maximum atomic E-state index is 10.7. The average molecular weight is 400 g/mol. The lowest BCUT2D eigenvalue weighted by atomic mass is 9.90. The molecule has 6 nitrogen and oxygen atoms in total. The molecule has 7 heteroatoms. The van der Waals surface area contributed by atoms with Crippen LogP contribution in [0.5, 0.6) is 0 Å². The lowest BCUT2D eigenvalue weighted by molar-refractivity contribution is 0.0492. The molecule has 3 aromatic rings.